The lowest BCUT2D eigenvalue weighted by Gasteiger charge is -2.09. The van der Waals surface area contributed by atoms with Gasteiger partial charge in [0, 0.05) is 40.9 Å². The van der Waals surface area contributed by atoms with Gasteiger partial charge in [-0.05, 0) is 42.0 Å². The maximum Gasteiger partial charge on any atom is 0.291 e. The molecule has 1 amide bonds. The number of benzene rings is 1. The van der Waals surface area contributed by atoms with Crippen molar-refractivity contribution >= 4 is 40.5 Å². The van der Waals surface area contributed by atoms with Gasteiger partial charge in [0.15, 0.2) is 17.4 Å². The molecule has 0 fully saturated rings. The number of amides is 1. The van der Waals surface area contributed by atoms with Crippen LogP contribution in [0, 0.1) is 0 Å². The molecule has 9 heteroatoms. The van der Waals surface area contributed by atoms with Crippen LogP contribution in [0.25, 0.3) is 0 Å². The van der Waals surface area contributed by atoms with Gasteiger partial charge >= 0.3 is 0 Å². The van der Waals surface area contributed by atoms with E-state index in [0.717, 1.165) is 5.56 Å². The van der Waals surface area contributed by atoms with Crippen LogP contribution in [-0.4, -0.2) is 45.3 Å². The van der Waals surface area contributed by atoms with Crippen LogP contribution in [0.4, 0.5) is 11.5 Å². The Kier molecular flexibility index (Phi) is 5.94. The normalized spacial score (nSPS) is 13.5. The lowest BCUT2D eigenvalue weighted by atomic mass is 10.0. The smallest absolute Gasteiger partial charge is 0.291 e. The first-order valence-electron chi connectivity index (χ1n) is 9.46. The molecule has 1 unspecified atom stereocenters. The number of halogens is 1. The molecule has 0 saturated carbocycles. The van der Waals surface area contributed by atoms with Gasteiger partial charge in [0.2, 0.25) is 0 Å². The summed E-state index contributed by atoms with van der Waals surface area (Å²) < 4.78 is 5.10. The fraction of sp³-hybridized carbons (Fsp3) is 0.182. The summed E-state index contributed by atoms with van der Waals surface area (Å²) >= 11 is 6.38. The van der Waals surface area contributed by atoms with E-state index in [9.17, 15) is 14.7 Å². The second kappa shape index (κ2) is 8.81. The molecular weight excluding hydrogens is 422 g/mol. The number of pyridine rings is 1. The van der Waals surface area contributed by atoms with Gasteiger partial charge < -0.3 is 19.9 Å². The van der Waals surface area contributed by atoms with Gasteiger partial charge in [0.25, 0.3) is 5.91 Å². The van der Waals surface area contributed by atoms with E-state index in [1.165, 1.54) is 12.5 Å². The zero-order valence-corrected chi connectivity index (χ0v) is 17.0. The molecule has 3 aromatic rings. The van der Waals surface area contributed by atoms with E-state index in [1.54, 1.807) is 36.4 Å². The molecule has 3 N–H and O–H groups in total. The van der Waals surface area contributed by atoms with E-state index in [4.69, 9.17) is 21.1 Å². The number of carbonyl (C=O) groups excluding carboxylic acids is 2. The fourth-order valence-electron chi connectivity index (χ4n) is 3.23. The van der Waals surface area contributed by atoms with Crippen molar-refractivity contribution in [2.45, 2.75) is 18.9 Å². The van der Waals surface area contributed by atoms with E-state index in [0.29, 0.717) is 39.8 Å². The van der Waals surface area contributed by atoms with Crippen LogP contribution in [0.3, 0.4) is 0 Å². The Morgan fingerprint density at radius 3 is 2.84 bits per heavy atom. The van der Waals surface area contributed by atoms with Crippen LogP contribution < -0.4 is 5.32 Å². The molecule has 3 heterocycles. The van der Waals surface area contributed by atoms with Crippen LogP contribution in [-0.2, 0) is 17.6 Å². The molecule has 31 heavy (non-hydrogen) atoms. The summed E-state index contributed by atoms with van der Waals surface area (Å²) in [6.45, 7) is -0.615. The quantitative estimate of drug-likeness (QED) is 0.519. The molecule has 1 aromatic carbocycles. The SMILES string of the molecule is O=C(Nc1ccc(Cl)c(C2=Nc3ncc(CC(=O)C(O)CO)cc3C2)c1)c1ccco1. The summed E-state index contributed by atoms with van der Waals surface area (Å²) in [6, 6.07) is 10.1. The Morgan fingerprint density at radius 2 is 2.10 bits per heavy atom. The van der Waals surface area contributed by atoms with Crippen molar-refractivity contribution in [1.82, 2.24) is 4.98 Å². The number of ketones is 1. The van der Waals surface area contributed by atoms with Gasteiger partial charge in [-0.2, -0.15) is 0 Å². The molecule has 158 valence electrons. The molecule has 1 aliphatic heterocycles. The minimum atomic E-state index is -1.40. The maximum atomic E-state index is 12.2. The standard InChI is InChI=1S/C22H18ClN3O5/c23-16-4-3-14(25-22(30)20-2-1-5-31-20)9-15(16)17-8-13-6-12(10-24-21(13)26-17)7-18(28)19(29)11-27/h1-6,9-10,19,27,29H,7-8,11H2,(H,25,30). The number of fused-ring (bicyclic) bond motifs is 1. The number of aromatic nitrogens is 1. The van der Waals surface area contributed by atoms with Crippen molar-refractivity contribution in [3.8, 4) is 0 Å². The number of aliphatic hydroxyl groups is 2. The summed E-state index contributed by atoms with van der Waals surface area (Å²) in [5.41, 5.74) is 3.32. The van der Waals surface area contributed by atoms with Crippen molar-refractivity contribution in [2.75, 3.05) is 11.9 Å². The van der Waals surface area contributed by atoms with Gasteiger partial charge in [-0.1, -0.05) is 11.6 Å². The van der Waals surface area contributed by atoms with Crippen LogP contribution in [0.5, 0.6) is 0 Å². The average Bonchev–Trinajstić information content (AvgIpc) is 3.44. The van der Waals surface area contributed by atoms with Gasteiger partial charge in [-0.15, -0.1) is 0 Å². The van der Waals surface area contributed by atoms with E-state index in [2.05, 4.69) is 15.3 Å². The highest BCUT2D eigenvalue weighted by Gasteiger charge is 2.22. The lowest BCUT2D eigenvalue weighted by molar-refractivity contribution is -0.128. The monoisotopic (exact) mass is 439 g/mol. The summed E-state index contributed by atoms with van der Waals surface area (Å²) in [5, 5.41) is 21.6. The number of furan rings is 1. The summed E-state index contributed by atoms with van der Waals surface area (Å²) in [6.07, 6.45) is 1.95. The van der Waals surface area contributed by atoms with Gasteiger partial charge in [-0.25, -0.2) is 9.98 Å². The van der Waals surface area contributed by atoms with Crippen LogP contribution in [0.1, 0.15) is 27.2 Å². The highest BCUT2D eigenvalue weighted by atomic mass is 35.5. The minimum Gasteiger partial charge on any atom is -0.459 e. The number of Topliss-reactive ketones (excluding diaryl/α,β-unsaturated/α-hetero) is 1. The van der Waals surface area contributed by atoms with Crippen LogP contribution in [0.2, 0.25) is 5.02 Å². The second-order valence-corrected chi connectivity index (χ2v) is 7.44. The molecule has 0 spiro atoms. The predicted octanol–water partition coefficient (Wildman–Crippen LogP) is 2.72. The topological polar surface area (TPSA) is 125 Å². The molecule has 1 aliphatic rings. The third kappa shape index (κ3) is 4.56. The average molecular weight is 440 g/mol. The molecule has 0 bridgehead atoms. The van der Waals surface area contributed by atoms with Gasteiger partial charge in [-0.3, -0.25) is 9.59 Å². The van der Waals surface area contributed by atoms with Crippen LogP contribution in [0.15, 0.2) is 58.3 Å². The Labute approximate surface area is 182 Å². The van der Waals surface area contributed by atoms with Gasteiger partial charge in [0.05, 0.1) is 18.6 Å². The number of hydrogen-bond acceptors (Lipinski definition) is 7. The zero-order chi connectivity index (χ0) is 22.0. The number of anilines is 1. The number of hydrogen-bond donors (Lipinski definition) is 3. The van der Waals surface area contributed by atoms with Crippen molar-refractivity contribution in [3.05, 3.63) is 76.3 Å². The first kappa shape index (κ1) is 20.9. The fourth-order valence-corrected chi connectivity index (χ4v) is 3.46. The molecule has 4 rings (SSSR count). The van der Waals surface area contributed by atoms with Crippen molar-refractivity contribution in [1.29, 1.82) is 0 Å². The molecule has 1 atom stereocenters. The largest absolute Gasteiger partial charge is 0.459 e. The van der Waals surface area contributed by atoms with Crippen LogP contribution >= 0.6 is 11.6 Å². The molecule has 2 aromatic heterocycles. The van der Waals surface area contributed by atoms with E-state index in [1.807, 2.05) is 0 Å². The Morgan fingerprint density at radius 1 is 1.26 bits per heavy atom. The Bertz CT molecular complexity index is 1170. The van der Waals surface area contributed by atoms with Crippen molar-refractivity contribution in [3.63, 3.8) is 0 Å². The molecule has 0 aliphatic carbocycles. The maximum absolute atomic E-state index is 12.2. The number of aliphatic imine (C=N–C) groups is 1. The molecular formula is C22H18ClN3O5. The summed E-state index contributed by atoms with van der Waals surface area (Å²) in [7, 11) is 0. The highest BCUT2D eigenvalue weighted by Crippen LogP contribution is 2.31. The number of rotatable bonds is 7. The third-order valence-corrected chi connectivity index (χ3v) is 5.13. The summed E-state index contributed by atoms with van der Waals surface area (Å²) in [5.74, 6) is -0.142. The first-order valence-corrected chi connectivity index (χ1v) is 9.84. The van der Waals surface area contributed by atoms with Crippen molar-refractivity contribution in [2.24, 2.45) is 4.99 Å². The molecule has 8 nitrogen and oxygen atoms in total. The van der Waals surface area contributed by atoms with E-state index in [-0.39, 0.29) is 18.1 Å². The number of carbonyl (C=O) groups is 2. The zero-order valence-electron chi connectivity index (χ0n) is 16.2. The third-order valence-electron chi connectivity index (χ3n) is 4.80. The van der Waals surface area contributed by atoms with E-state index >= 15 is 0 Å². The Hall–Kier alpha value is -3.33. The highest BCUT2D eigenvalue weighted by molar-refractivity contribution is 6.34. The summed E-state index contributed by atoms with van der Waals surface area (Å²) in [4.78, 5) is 32.9. The number of aliphatic hydroxyl groups excluding tert-OH is 2. The number of nitrogens with one attached hydrogen (secondary N) is 1. The molecule has 0 saturated heterocycles. The first-order chi connectivity index (χ1) is 14.9. The van der Waals surface area contributed by atoms with E-state index < -0.39 is 18.5 Å². The lowest BCUT2D eigenvalue weighted by Crippen LogP contribution is -2.25. The van der Waals surface area contributed by atoms with Gasteiger partial charge in [0.1, 0.15) is 6.10 Å². The molecule has 0 radical (unpaired) electrons. The second-order valence-electron chi connectivity index (χ2n) is 7.03. The minimum absolute atomic E-state index is 0.0353. The van der Waals surface area contributed by atoms with Crippen molar-refractivity contribution < 1.29 is 24.2 Å². The predicted molar refractivity (Wildman–Crippen MR) is 114 cm³/mol. The number of nitrogens with zero attached hydrogens (tertiary/aromatic N) is 2. The Balaban J connectivity index is 1.52.